The zero-order valence-electron chi connectivity index (χ0n) is 16.9. The Labute approximate surface area is 166 Å². The molecule has 3 rings (SSSR count). The molecule has 0 saturated carbocycles. The Morgan fingerprint density at radius 1 is 1.36 bits per heavy atom. The van der Waals surface area contributed by atoms with Gasteiger partial charge in [-0.15, -0.1) is 0 Å². The van der Waals surface area contributed by atoms with Crippen molar-refractivity contribution < 1.29 is 24.1 Å². The molecule has 1 spiro atoms. The highest BCUT2D eigenvalue weighted by Crippen LogP contribution is 2.39. The molecule has 7 heteroatoms. The molecular weight excluding hydrogens is 360 g/mol. The number of carbonyl (C=O) groups excluding carboxylic acids is 1. The molecule has 28 heavy (non-hydrogen) atoms. The van der Waals surface area contributed by atoms with E-state index in [4.69, 9.17) is 14.2 Å². The lowest BCUT2D eigenvalue weighted by atomic mass is 9.88. The first-order chi connectivity index (χ1) is 13.5. The van der Waals surface area contributed by atoms with E-state index in [1.165, 1.54) is 7.11 Å². The summed E-state index contributed by atoms with van der Waals surface area (Å²) in [6, 6.07) is 5.58. The Balaban J connectivity index is 1.46. The molecule has 2 saturated heterocycles. The van der Waals surface area contributed by atoms with E-state index in [9.17, 15) is 9.90 Å². The average molecular weight is 392 g/mol. The number of phenolic OH excluding ortho intramolecular Hbond substituents is 1. The van der Waals surface area contributed by atoms with Gasteiger partial charge in [-0.25, -0.2) is 0 Å². The van der Waals surface area contributed by atoms with E-state index in [0.29, 0.717) is 18.9 Å². The van der Waals surface area contributed by atoms with Crippen LogP contribution >= 0.6 is 0 Å². The molecule has 1 aromatic carbocycles. The van der Waals surface area contributed by atoms with Crippen molar-refractivity contribution in [3.05, 3.63) is 23.8 Å². The van der Waals surface area contributed by atoms with Crippen LogP contribution < -0.4 is 10.1 Å². The lowest BCUT2D eigenvalue weighted by molar-refractivity contribution is -0.126. The van der Waals surface area contributed by atoms with Gasteiger partial charge in [-0.2, -0.15) is 0 Å². The molecular formula is C21H32N2O5. The lowest BCUT2D eigenvalue weighted by Gasteiger charge is -2.39. The number of carbonyl (C=O) groups is 1. The second-order valence-corrected chi connectivity index (χ2v) is 7.71. The Morgan fingerprint density at radius 2 is 2.14 bits per heavy atom. The molecule has 0 aromatic heterocycles. The molecule has 0 bridgehead atoms. The van der Waals surface area contributed by atoms with Crippen LogP contribution in [0.4, 0.5) is 0 Å². The minimum Gasteiger partial charge on any atom is -0.504 e. The number of methoxy groups -OCH3 is 1. The molecule has 1 amide bonds. The zero-order chi connectivity index (χ0) is 20.0. The number of nitrogens with zero attached hydrogens (tertiary/aromatic N) is 1. The smallest absolute Gasteiger partial charge is 0.246 e. The first kappa shape index (κ1) is 20.9. The van der Waals surface area contributed by atoms with Crippen molar-refractivity contribution in [2.75, 3.05) is 40.0 Å². The summed E-state index contributed by atoms with van der Waals surface area (Å²) >= 11 is 0. The van der Waals surface area contributed by atoms with Crippen molar-refractivity contribution in [3.8, 4) is 11.5 Å². The van der Waals surface area contributed by atoms with E-state index in [0.717, 1.165) is 50.9 Å². The highest BCUT2D eigenvalue weighted by atomic mass is 16.5. The van der Waals surface area contributed by atoms with Crippen LogP contribution in [0.1, 0.15) is 38.2 Å². The molecule has 2 N–H and O–H groups in total. The minimum atomic E-state index is -0.0952. The van der Waals surface area contributed by atoms with Crippen LogP contribution in [0.25, 0.3) is 0 Å². The monoisotopic (exact) mass is 392 g/mol. The number of phenols is 1. The summed E-state index contributed by atoms with van der Waals surface area (Å²) in [5.41, 5.74) is 1.10. The first-order valence-electron chi connectivity index (χ1n) is 10.1. The topological polar surface area (TPSA) is 80.3 Å². The van der Waals surface area contributed by atoms with Gasteiger partial charge in [-0.3, -0.25) is 9.69 Å². The predicted molar refractivity (Wildman–Crippen MR) is 106 cm³/mol. The standard InChI is InChI=1S/C21H32N2O5/c1-3-27-19-12-16(4-5-18(19)24)14-23-10-8-21(9-11-23)7-6-17(28-21)13-22-20(25)15-26-2/h4-5,12,17,24H,3,6-11,13-15H2,1-2H3,(H,22,25)/t17-/m1/s1. The SMILES string of the molecule is CCOc1cc(CN2CCC3(CC[C@H](CNC(=O)COC)O3)CC2)ccc1O. The molecule has 2 aliphatic heterocycles. The van der Waals surface area contributed by atoms with Crippen LogP contribution in [0.15, 0.2) is 18.2 Å². The Hall–Kier alpha value is -1.83. The van der Waals surface area contributed by atoms with E-state index >= 15 is 0 Å². The van der Waals surface area contributed by atoms with Gasteiger partial charge in [0.05, 0.1) is 18.3 Å². The van der Waals surface area contributed by atoms with E-state index in [-0.39, 0.29) is 30.0 Å². The molecule has 1 aromatic rings. The summed E-state index contributed by atoms with van der Waals surface area (Å²) in [5.74, 6) is 0.638. The van der Waals surface area contributed by atoms with Crippen molar-refractivity contribution in [3.63, 3.8) is 0 Å². The fourth-order valence-corrected chi connectivity index (χ4v) is 4.12. The molecule has 2 aliphatic rings. The Morgan fingerprint density at radius 3 is 2.86 bits per heavy atom. The molecule has 2 heterocycles. The Kier molecular flexibility index (Phi) is 7.15. The molecule has 156 valence electrons. The van der Waals surface area contributed by atoms with Crippen LogP contribution in [0.5, 0.6) is 11.5 Å². The minimum absolute atomic E-state index is 0.0431. The fraction of sp³-hybridized carbons (Fsp3) is 0.667. The second-order valence-electron chi connectivity index (χ2n) is 7.71. The summed E-state index contributed by atoms with van der Waals surface area (Å²) in [7, 11) is 1.52. The number of piperidine rings is 1. The highest BCUT2D eigenvalue weighted by molar-refractivity contribution is 5.77. The highest BCUT2D eigenvalue weighted by Gasteiger charge is 2.42. The van der Waals surface area contributed by atoms with E-state index in [1.807, 2.05) is 19.1 Å². The largest absolute Gasteiger partial charge is 0.504 e. The predicted octanol–water partition coefficient (Wildman–Crippen LogP) is 2.07. The van der Waals surface area contributed by atoms with Gasteiger partial charge in [0.25, 0.3) is 0 Å². The second kappa shape index (κ2) is 9.58. The number of rotatable bonds is 8. The summed E-state index contributed by atoms with van der Waals surface area (Å²) < 4.78 is 16.7. The van der Waals surface area contributed by atoms with Crippen molar-refractivity contribution in [2.24, 2.45) is 0 Å². The molecule has 7 nitrogen and oxygen atoms in total. The maximum atomic E-state index is 11.5. The van der Waals surface area contributed by atoms with Gasteiger partial charge in [-0.1, -0.05) is 6.07 Å². The summed E-state index contributed by atoms with van der Waals surface area (Å²) in [5, 5.41) is 12.7. The summed E-state index contributed by atoms with van der Waals surface area (Å²) in [6.45, 7) is 5.90. The summed E-state index contributed by atoms with van der Waals surface area (Å²) in [4.78, 5) is 14.0. The van der Waals surface area contributed by atoms with Crippen molar-refractivity contribution >= 4 is 5.91 Å². The van der Waals surface area contributed by atoms with Crippen LogP contribution in [0, 0.1) is 0 Å². The lowest BCUT2D eigenvalue weighted by Crippen LogP contribution is -2.45. The maximum Gasteiger partial charge on any atom is 0.246 e. The number of ether oxygens (including phenoxy) is 3. The summed E-state index contributed by atoms with van der Waals surface area (Å²) in [6.07, 6.45) is 4.15. The molecule has 0 aliphatic carbocycles. The molecule has 2 fully saturated rings. The third-order valence-electron chi connectivity index (χ3n) is 5.64. The number of amides is 1. The number of nitrogens with one attached hydrogen (secondary N) is 1. The first-order valence-corrected chi connectivity index (χ1v) is 10.1. The number of hydrogen-bond acceptors (Lipinski definition) is 6. The van der Waals surface area contributed by atoms with Gasteiger partial charge in [0.15, 0.2) is 11.5 Å². The number of hydrogen-bond donors (Lipinski definition) is 2. The quantitative estimate of drug-likeness (QED) is 0.705. The van der Waals surface area contributed by atoms with Gasteiger partial charge in [0, 0.05) is 33.3 Å². The fourth-order valence-electron chi connectivity index (χ4n) is 4.12. The zero-order valence-corrected chi connectivity index (χ0v) is 16.9. The average Bonchev–Trinajstić information content (AvgIpc) is 3.08. The third-order valence-corrected chi connectivity index (χ3v) is 5.64. The number of benzene rings is 1. The van der Waals surface area contributed by atoms with Crippen molar-refractivity contribution in [2.45, 2.75) is 50.9 Å². The molecule has 1 atom stereocenters. The van der Waals surface area contributed by atoms with Crippen LogP contribution in [0.2, 0.25) is 0 Å². The molecule has 0 radical (unpaired) electrons. The molecule has 0 unspecified atom stereocenters. The van der Waals surface area contributed by atoms with Crippen molar-refractivity contribution in [1.82, 2.24) is 10.2 Å². The number of aromatic hydroxyl groups is 1. The van der Waals surface area contributed by atoms with Gasteiger partial charge in [0.2, 0.25) is 5.91 Å². The van der Waals surface area contributed by atoms with E-state index < -0.39 is 0 Å². The van der Waals surface area contributed by atoms with Gasteiger partial charge < -0.3 is 24.6 Å². The van der Waals surface area contributed by atoms with Gasteiger partial charge >= 0.3 is 0 Å². The van der Waals surface area contributed by atoms with Crippen LogP contribution in [0.3, 0.4) is 0 Å². The van der Waals surface area contributed by atoms with Crippen LogP contribution in [-0.2, 0) is 20.8 Å². The van der Waals surface area contributed by atoms with Gasteiger partial charge in [-0.05, 0) is 50.3 Å². The Bertz CT molecular complexity index is 658. The van der Waals surface area contributed by atoms with Gasteiger partial charge in [0.1, 0.15) is 6.61 Å². The van der Waals surface area contributed by atoms with Crippen LogP contribution in [-0.4, -0.2) is 67.6 Å². The van der Waals surface area contributed by atoms with Crippen molar-refractivity contribution in [1.29, 1.82) is 0 Å². The van der Waals surface area contributed by atoms with E-state index in [1.54, 1.807) is 6.07 Å². The normalized spacial score (nSPS) is 21.7. The maximum absolute atomic E-state index is 11.5. The number of likely N-dealkylation sites (tertiary alicyclic amines) is 1. The van der Waals surface area contributed by atoms with E-state index in [2.05, 4.69) is 10.2 Å². The third kappa shape index (κ3) is 5.37.